The monoisotopic (exact) mass is 446 g/mol. The Labute approximate surface area is 169 Å². The van der Waals surface area contributed by atoms with Gasteiger partial charge in [-0.25, -0.2) is 9.98 Å². The van der Waals surface area contributed by atoms with Crippen LogP contribution in [0.4, 0.5) is 0 Å². The van der Waals surface area contributed by atoms with Gasteiger partial charge in [-0.15, -0.1) is 21.6 Å². The van der Waals surface area contributed by atoms with Gasteiger partial charge in [-0.2, -0.15) is 0 Å². The molecule has 3 unspecified atom stereocenters. The van der Waals surface area contributed by atoms with Crippen molar-refractivity contribution in [3.63, 3.8) is 0 Å². The van der Waals surface area contributed by atoms with Crippen LogP contribution in [0.3, 0.4) is 0 Å². The summed E-state index contributed by atoms with van der Waals surface area (Å²) in [4.78, 5) is 21.8. The summed E-state index contributed by atoms with van der Waals surface area (Å²) in [5.41, 5.74) is 0.824. The molecule has 2 aromatic rings. The first-order valence-corrected chi connectivity index (χ1v) is 10.6. The number of rotatable bonds is 5. The smallest absolute Gasteiger partial charge is 0.234 e. The number of azo groups is 1. The third-order valence-electron chi connectivity index (χ3n) is 4.74. The number of carbonyl (C=O) groups excluding carboxylic acids is 1. The van der Waals surface area contributed by atoms with Crippen molar-refractivity contribution >= 4 is 39.4 Å². The van der Waals surface area contributed by atoms with Crippen LogP contribution in [0.25, 0.3) is 11.3 Å². The highest BCUT2D eigenvalue weighted by atomic mass is 79.9. The quantitative estimate of drug-likeness (QED) is 0.602. The van der Waals surface area contributed by atoms with E-state index in [1.807, 2.05) is 30.3 Å². The number of alkyl halides is 1. The SMILES string of the molecule is CC(=O)C(Br)c1nc(-c2ccccc2)c(C2(C3CCCCO3)N=CN=N2)s1. The Bertz CT molecular complexity index is 878. The summed E-state index contributed by atoms with van der Waals surface area (Å²) in [6.45, 7) is 2.24. The first-order valence-electron chi connectivity index (χ1n) is 8.90. The Morgan fingerprint density at radius 3 is 2.78 bits per heavy atom. The maximum atomic E-state index is 11.9. The molecule has 1 aromatic carbocycles. The molecule has 4 rings (SSSR count). The minimum atomic E-state index is -0.926. The fourth-order valence-electron chi connectivity index (χ4n) is 3.37. The van der Waals surface area contributed by atoms with Crippen LogP contribution in [0, 0.1) is 0 Å². The molecule has 0 spiro atoms. The van der Waals surface area contributed by atoms with Crippen LogP contribution in [-0.4, -0.2) is 29.8 Å². The molecule has 2 aliphatic heterocycles. The summed E-state index contributed by atoms with van der Waals surface area (Å²) >= 11 is 4.92. The zero-order valence-corrected chi connectivity index (χ0v) is 17.2. The predicted molar refractivity (Wildman–Crippen MR) is 109 cm³/mol. The summed E-state index contributed by atoms with van der Waals surface area (Å²) in [7, 11) is 0. The Morgan fingerprint density at radius 2 is 2.15 bits per heavy atom. The minimum absolute atomic E-state index is 0.00873. The molecule has 0 N–H and O–H groups in total. The molecule has 8 heteroatoms. The lowest BCUT2D eigenvalue weighted by Crippen LogP contribution is -2.39. The third kappa shape index (κ3) is 3.41. The van der Waals surface area contributed by atoms with Gasteiger partial charge in [0.05, 0.1) is 10.6 Å². The van der Waals surface area contributed by atoms with Crippen molar-refractivity contribution < 1.29 is 9.53 Å². The second kappa shape index (κ2) is 7.69. The molecular weight excluding hydrogens is 428 g/mol. The molecule has 27 heavy (non-hydrogen) atoms. The normalized spacial score (nSPS) is 25.6. The highest BCUT2D eigenvalue weighted by molar-refractivity contribution is 9.09. The van der Waals surface area contributed by atoms with Gasteiger partial charge >= 0.3 is 0 Å². The second-order valence-corrected chi connectivity index (χ2v) is 8.56. The minimum Gasteiger partial charge on any atom is -0.373 e. The Kier molecular flexibility index (Phi) is 5.29. The number of hydrogen-bond acceptors (Lipinski definition) is 7. The van der Waals surface area contributed by atoms with E-state index in [1.165, 1.54) is 17.7 Å². The molecule has 3 atom stereocenters. The Morgan fingerprint density at radius 1 is 1.33 bits per heavy atom. The van der Waals surface area contributed by atoms with Gasteiger partial charge in [0.1, 0.15) is 28.1 Å². The molecule has 3 heterocycles. The van der Waals surface area contributed by atoms with Crippen molar-refractivity contribution in [3.05, 3.63) is 40.2 Å². The number of hydrogen-bond donors (Lipinski definition) is 0. The highest BCUT2D eigenvalue weighted by Crippen LogP contribution is 2.48. The van der Waals surface area contributed by atoms with Gasteiger partial charge < -0.3 is 4.74 Å². The van der Waals surface area contributed by atoms with E-state index in [0.717, 1.165) is 35.4 Å². The number of halogens is 1. The molecule has 0 radical (unpaired) electrons. The van der Waals surface area contributed by atoms with Crippen molar-refractivity contribution in [1.82, 2.24) is 4.98 Å². The number of nitrogens with zero attached hydrogens (tertiary/aromatic N) is 4. The van der Waals surface area contributed by atoms with Crippen LogP contribution in [0.5, 0.6) is 0 Å². The first kappa shape index (κ1) is 18.6. The fraction of sp³-hybridized carbons (Fsp3) is 0.421. The summed E-state index contributed by atoms with van der Waals surface area (Å²) in [5.74, 6) is 0.00873. The number of thiazole rings is 1. The van der Waals surface area contributed by atoms with Gasteiger partial charge in [-0.05, 0) is 26.2 Å². The highest BCUT2D eigenvalue weighted by Gasteiger charge is 2.48. The van der Waals surface area contributed by atoms with Crippen LogP contribution in [0.1, 0.15) is 40.9 Å². The summed E-state index contributed by atoms with van der Waals surface area (Å²) in [6, 6.07) is 9.91. The Balaban J connectivity index is 1.88. The van der Waals surface area contributed by atoms with Gasteiger partial charge in [-0.3, -0.25) is 4.79 Å². The van der Waals surface area contributed by atoms with Crippen LogP contribution in [0.15, 0.2) is 45.6 Å². The van der Waals surface area contributed by atoms with Gasteiger partial charge in [-0.1, -0.05) is 46.3 Å². The molecule has 0 bridgehead atoms. The maximum Gasteiger partial charge on any atom is 0.234 e. The number of ketones is 1. The zero-order chi connectivity index (χ0) is 18.9. The largest absolute Gasteiger partial charge is 0.373 e. The molecule has 6 nitrogen and oxygen atoms in total. The van der Waals surface area contributed by atoms with E-state index in [9.17, 15) is 4.79 Å². The molecule has 0 amide bonds. The van der Waals surface area contributed by atoms with Crippen molar-refractivity contribution in [2.24, 2.45) is 15.2 Å². The van der Waals surface area contributed by atoms with Gasteiger partial charge in [0.2, 0.25) is 5.66 Å². The van der Waals surface area contributed by atoms with E-state index >= 15 is 0 Å². The molecule has 140 valence electrons. The van der Waals surface area contributed by atoms with Gasteiger partial charge in [0.15, 0.2) is 0 Å². The van der Waals surface area contributed by atoms with E-state index in [-0.39, 0.29) is 11.9 Å². The summed E-state index contributed by atoms with van der Waals surface area (Å²) < 4.78 is 6.06. The van der Waals surface area contributed by atoms with Crippen molar-refractivity contribution in [1.29, 1.82) is 0 Å². The third-order valence-corrected chi connectivity index (χ3v) is 7.36. The van der Waals surface area contributed by atoms with E-state index in [2.05, 4.69) is 31.2 Å². The molecule has 2 aliphatic rings. The topological polar surface area (TPSA) is 76.3 Å². The van der Waals surface area contributed by atoms with Crippen LogP contribution in [0.2, 0.25) is 0 Å². The lowest BCUT2D eigenvalue weighted by Gasteiger charge is -2.33. The van der Waals surface area contributed by atoms with Crippen molar-refractivity contribution in [2.75, 3.05) is 6.61 Å². The van der Waals surface area contributed by atoms with E-state index in [4.69, 9.17) is 9.72 Å². The predicted octanol–water partition coefficient (Wildman–Crippen LogP) is 5.05. The molecule has 1 saturated heterocycles. The first-order chi connectivity index (χ1) is 13.1. The standard InChI is InChI=1S/C19H19BrN4O2S/c1-12(25)15(20)18-23-16(13-7-3-2-4-8-13)17(27-18)19(21-11-22-24-19)14-9-5-6-10-26-14/h2-4,7-8,11,14-15H,5-6,9-10H2,1H3. The van der Waals surface area contributed by atoms with Crippen LogP contribution >= 0.6 is 27.3 Å². The number of ether oxygens (including phenoxy) is 1. The van der Waals surface area contributed by atoms with E-state index < -0.39 is 10.5 Å². The fourth-order valence-corrected chi connectivity index (χ4v) is 5.00. The number of aromatic nitrogens is 1. The molecule has 0 saturated carbocycles. The molecule has 1 fully saturated rings. The lowest BCUT2D eigenvalue weighted by atomic mass is 9.93. The lowest BCUT2D eigenvalue weighted by molar-refractivity contribution is -0.116. The van der Waals surface area contributed by atoms with E-state index in [0.29, 0.717) is 11.6 Å². The average Bonchev–Trinajstić information content (AvgIpc) is 3.37. The summed E-state index contributed by atoms with van der Waals surface area (Å²) in [6.07, 6.45) is 4.28. The number of aliphatic imine (C=N–C) groups is 1. The van der Waals surface area contributed by atoms with Crippen LogP contribution < -0.4 is 0 Å². The van der Waals surface area contributed by atoms with E-state index in [1.54, 1.807) is 6.92 Å². The zero-order valence-electron chi connectivity index (χ0n) is 14.8. The Hall–Kier alpha value is -1.77. The van der Waals surface area contributed by atoms with Crippen LogP contribution in [-0.2, 0) is 15.2 Å². The van der Waals surface area contributed by atoms with Crippen molar-refractivity contribution in [3.8, 4) is 11.3 Å². The second-order valence-electron chi connectivity index (χ2n) is 6.61. The molecule has 0 aliphatic carbocycles. The summed E-state index contributed by atoms with van der Waals surface area (Å²) in [5, 5.41) is 9.28. The molecular formula is C19H19BrN4O2S. The maximum absolute atomic E-state index is 11.9. The average molecular weight is 447 g/mol. The number of carbonyl (C=O) groups is 1. The molecule has 1 aromatic heterocycles. The number of benzene rings is 1. The van der Waals surface area contributed by atoms with Gasteiger partial charge in [0.25, 0.3) is 0 Å². The van der Waals surface area contributed by atoms with Crippen molar-refractivity contribution in [2.45, 2.75) is 42.8 Å². The number of Topliss-reactive ketones (excluding diaryl/α,β-unsaturated/α-hetero) is 1. The van der Waals surface area contributed by atoms with Gasteiger partial charge in [0, 0.05) is 12.2 Å².